The van der Waals surface area contributed by atoms with E-state index in [1.54, 1.807) is 17.5 Å². The number of imidazole rings is 1. The summed E-state index contributed by atoms with van der Waals surface area (Å²) >= 11 is 1.72. The molecule has 0 bridgehead atoms. The smallest absolute Gasteiger partial charge is 0.270 e. The first kappa shape index (κ1) is 15.2. The van der Waals surface area contributed by atoms with Crippen LogP contribution < -0.4 is 0 Å². The normalized spacial score (nSPS) is 18.0. The van der Waals surface area contributed by atoms with E-state index in [0.717, 1.165) is 38.2 Å². The first-order chi connectivity index (χ1) is 11.8. The van der Waals surface area contributed by atoms with E-state index >= 15 is 0 Å². The van der Waals surface area contributed by atoms with E-state index in [-0.39, 0.29) is 5.91 Å². The number of carbonyl (C=O) groups excluding carboxylic acids is 1. The summed E-state index contributed by atoms with van der Waals surface area (Å²) < 4.78 is 4.17. The fraction of sp³-hybridized carbons (Fsp3) is 0.333. The van der Waals surface area contributed by atoms with Crippen LogP contribution in [0.25, 0.3) is 0 Å². The van der Waals surface area contributed by atoms with Gasteiger partial charge in [0.15, 0.2) is 0 Å². The van der Waals surface area contributed by atoms with Gasteiger partial charge in [0.05, 0.1) is 18.9 Å². The number of likely N-dealkylation sites (tertiary alicyclic amines) is 1. The molecule has 3 aromatic rings. The lowest BCUT2D eigenvalue weighted by Crippen LogP contribution is -2.41. The van der Waals surface area contributed by atoms with Crippen molar-refractivity contribution < 1.29 is 4.79 Å². The third-order valence-electron chi connectivity index (χ3n) is 4.59. The number of hydrogen-bond donors (Lipinski definition) is 0. The van der Waals surface area contributed by atoms with Crippen LogP contribution >= 0.6 is 11.3 Å². The van der Waals surface area contributed by atoms with Gasteiger partial charge >= 0.3 is 0 Å². The highest BCUT2D eigenvalue weighted by molar-refractivity contribution is 7.09. The molecule has 1 aliphatic heterocycles. The Balaban J connectivity index is 1.50. The molecule has 0 radical (unpaired) electrons. The Labute approximate surface area is 145 Å². The quantitative estimate of drug-likeness (QED) is 0.731. The molecular weight excluding hydrogens is 320 g/mol. The molecule has 5 nitrogen and oxygen atoms in total. The summed E-state index contributed by atoms with van der Waals surface area (Å²) in [6, 6.07) is 8.36. The number of aromatic nitrogens is 3. The molecule has 4 rings (SSSR count). The number of amides is 1. The summed E-state index contributed by atoms with van der Waals surface area (Å²) in [5, 5.41) is 2.07. The van der Waals surface area contributed by atoms with E-state index in [2.05, 4.69) is 25.6 Å². The first-order valence-electron chi connectivity index (χ1n) is 8.25. The van der Waals surface area contributed by atoms with Gasteiger partial charge in [-0.15, -0.1) is 11.3 Å². The summed E-state index contributed by atoms with van der Waals surface area (Å²) in [6.45, 7) is 2.33. The van der Waals surface area contributed by atoms with Crippen LogP contribution in [0, 0.1) is 0 Å². The van der Waals surface area contributed by atoms with Crippen molar-refractivity contribution in [3.63, 3.8) is 0 Å². The van der Waals surface area contributed by atoms with E-state index in [4.69, 9.17) is 0 Å². The zero-order chi connectivity index (χ0) is 16.4. The second-order valence-electron chi connectivity index (χ2n) is 6.16. The van der Waals surface area contributed by atoms with Crippen molar-refractivity contribution in [3.05, 3.63) is 65.1 Å². The minimum absolute atomic E-state index is 0.126. The van der Waals surface area contributed by atoms with Gasteiger partial charge in [-0.25, -0.2) is 4.98 Å². The molecule has 0 aromatic carbocycles. The highest BCUT2D eigenvalue weighted by atomic mass is 32.1. The molecule has 0 N–H and O–H groups in total. The maximum atomic E-state index is 13.0. The molecular formula is C18H20N4OS. The molecule has 6 heteroatoms. The van der Waals surface area contributed by atoms with Gasteiger partial charge in [-0.05, 0) is 36.4 Å². The molecule has 124 valence electrons. The van der Waals surface area contributed by atoms with Crippen LogP contribution in [0.1, 0.15) is 34.2 Å². The van der Waals surface area contributed by atoms with Crippen molar-refractivity contribution in [2.75, 3.05) is 13.1 Å². The van der Waals surface area contributed by atoms with Crippen LogP contribution in [0.15, 0.2) is 54.6 Å². The topological polar surface area (TPSA) is 43.1 Å². The molecule has 1 fully saturated rings. The van der Waals surface area contributed by atoms with E-state index in [1.807, 2.05) is 41.8 Å². The van der Waals surface area contributed by atoms with Gasteiger partial charge in [-0.1, -0.05) is 6.07 Å². The summed E-state index contributed by atoms with van der Waals surface area (Å²) in [5.74, 6) is 0.126. The Hall–Kier alpha value is -2.34. The monoisotopic (exact) mass is 340 g/mol. The zero-order valence-corrected chi connectivity index (χ0v) is 14.2. The highest BCUT2D eigenvalue weighted by Gasteiger charge is 2.26. The second kappa shape index (κ2) is 6.65. The fourth-order valence-electron chi connectivity index (χ4n) is 3.35. The van der Waals surface area contributed by atoms with Crippen molar-refractivity contribution in [2.24, 2.45) is 0 Å². The summed E-state index contributed by atoms with van der Waals surface area (Å²) in [6.07, 6.45) is 9.74. The van der Waals surface area contributed by atoms with Crippen molar-refractivity contribution in [3.8, 4) is 0 Å². The van der Waals surface area contributed by atoms with Gasteiger partial charge in [-0.3, -0.25) is 4.79 Å². The Morgan fingerprint density at radius 3 is 3.04 bits per heavy atom. The Bertz CT molecular complexity index is 791. The van der Waals surface area contributed by atoms with E-state index in [1.165, 1.54) is 4.88 Å². The highest BCUT2D eigenvalue weighted by Crippen LogP contribution is 2.23. The van der Waals surface area contributed by atoms with E-state index in [0.29, 0.717) is 6.04 Å². The maximum absolute atomic E-state index is 13.0. The molecule has 1 aliphatic rings. The van der Waals surface area contributed by atoms with Crippen molar-refractivity contribution in [2.45, 2.75) is 25.4 Å². The maximum Gasteiger partial charge on any atom is 0.270 e. The molecule has 4 heterocycles. The van der Waals surface area contributed by atoms with Gasteiger partial charge in [-0.2, -0.15) is 0 Å². The SMILES string of the molecule is O=C(c1cccn1Cc1cccs1)N1CCCC(n2ccnc2)C1. The van der Waals surface area contributed by atoms with Gasteiger partial charge in [0.25, 0.3) is 5.91 Å². The number of piperidine rings is 1. The molecule has 1 saturated heterocycles. The zero-order valence-electron chi connectivity index (χ0n) is 13.4. The third kappa shape index (κ3) is 3.01. The molecule has 1 atom stereocenters. The minimum atomic E-state index is 0.126. The molecule has 1 amide bonds. The summed E-state index contributed by atoms with van der Waals surface area (Å²) in [5.41, 5.74) is 0.773. The van der Waals surface area contributed by atoms with Gasteiger partial charge < -0.3 is 14.0 Å². The summed E-state index contributed by atoms with van der Waals surface area (Å²) in [4.78, 5) is 20.4. The minimum Gasteiger partial charge on any atom is -0.338 e. The molecule has 3 aromatic heterocycles. The van der Waals surface area contributed by atoms with Gasteiger partial charge in [0, 0.05) is 36.6 Å². The number of thiophene rings is 1. The number of carbonyl (C=O) groups is 1. The first-order valence-corrected chi connectivity index (χ1v) is 9.13. The van der Waals surface area contributed by atoms with Crippen LogP contribution in [-0.4, -0.2) is 38.0 Å². The van der Waals surface area contributed by atoms with Crippen molar-refractivity contribution in [1.82, 2.24) is 19.0 Å². The van der Waals surface area contributed by atoms with E-state index < -0.39 is 0 Å². The predicted molar refractivity (Wildman–Crippen MR) is 94.3 cm³/mol. The van der Waals surface area contributed by atoms with Crippen molar-refractivity contribution >= 4 is 17.2 Å². The van der Waals surface area contributed by atoms with Crippen LogP contribution in [0.2, 0.25) is 0 Å². The molecule has 0 saturated carbocycles. The number of rotatable bonds is 4. The Morgan fingerprint density at radius 2 is 2.25 bits per heavy atom. The largest absolute Gasteiger partial charge is 0.338 e. The van der Waals surface area contributed by atoms with E-state index in [9.17, 15) is 4.79 Å². The van der Waals surface area contributed by atoms with Gasteiger partial charge in [0.2, 0.25) is 0 Å². The van der Waals surface area contributed by atoms with Crippen LogP contribution in [-0.2, 0) is 6.54 Å². The number of hydrogen-bond acceptors (Lipinski definition) is 3. The molecule has 24 heavy (non-hydrogen) atoms. The van der Waals surface area contributed by atoms with Crippen LogP contribution in [0.5, 0.6) is 0 Å². The number of nitrogens with zero attached hydrogens (tertiary/aromatic N) is 4. The Kier molecular flexibility index (Phi) is 4.21. The standard InChI is InChI=1S/C18H20N4OS/c23-18(17-6-2-8-20(17)13-16-5-3-11-24-16)21-9-1-4-15(12-21)22-10-7-19-14-22/h2-3,5-8,10-11,14-15H,1,4,9,12-13H2. The Morgan fingerprint density at radius 1 is 1.29 bits per heavy atom. The third-order valence-corrected chi connectivity index (χ3v) is 5.45. The summed E-state index contributed by atoms with van der Waals surface area (Å²) in [7, 11) is 0. The lowest BCUT2D eigenvalue weighted by atomic mass is 10.1. The lowest BCUT2D eigenvalue weighted by Gasteiger charge is -2.33. The molecule has 0 aliphatic carbocycles. The molecule has 1 unspecified atom stereocenters. The van der Waals surface area contributed by atoms with Crippen molar-refractivity contribution in [1.29, 1.82) is 0 Å². The average Bonchev–Trinajstić information content (AvgIpc) is 3.37. The average molecular weight is 340 g/mol. The fourth-order valence-corrected chi connectivity index (χ4v) is 4.05. The lowest BCUT2D eigenvalue weighted by molar-refractivity contribution is 0.0669. The second-order valence-corrected chi connectivity index (χ2v) is 7.19. The molecule has 0 spiro atoms. The van der Waals surface area contributed by atoms with Crippen LogP contribution in [0.3, 0.4) is 0 Å². The van der Waals surface area contributed by atoms with Gasteiger partial charge in [0.1, 0.15) is 5.69 Å². The van der Waals surface area contributed by atoms with Crippen LogP contribution in [0.4, 0.5) is 0 Å². The predicted octanol–water partition coefficient (Wildman–Crippen LogP) is 3.27.